The van der Waals surface area contributed by atoms with Crippen LogP contribution in [0.2, 0.25) is 5.02 Å². The van der Waals surface area contributed by atoms with Crippen LogP contribution in [0, 0.1) is 16.7 Å². The van der Waals surface area contributed by atoms with Crippen LogP contribution in [0.3, 0.4) is 0 Å². The highest BCUT2D eigenvalue weighted by molar-refractivity contribution is 14.1. The third-order valence-corrected chi connectivity index (χ3v) is 5.03. The van der Waals surface area contributed by atoms with Crippen LogP contribution in [-0.2, 0) is 0 Å². The van der Waals surface area contributed by atoms with E-state index in [1.807, 2.05) is 6.07 Å². The number of benzene rings is 1. The summed E-state index contributed by atoms with van der Waals surface area (Å²) in [4.78, 5) is 0. The molecule has 2 rings (SSSR count). The number of rotatable bonds is 2. The first-order valence-electron chi connectivity index (χ1n) is 5.25. The Kier molecular flexibility index (Phi) is 4.13. The largest absolute Gasteiger partial charge is 0.320 e. The Balaban J connectivity index is 2.43. The van der Waals surface area contributed by atoms with Crippen molar-refractivity contribution in [2.75, 3.05) is 0 Å². The van der Waals surface area contributed by atoms with Crippen LogP contribution in [-0.4, -0.2) is 0 Å². The molecular weight excluding hydrogens is 365 g/mol. The molecule has 1 nitrogen and oxygen atoms in total. The second kappa shape index (κ2) is 5.26. The van der Waals surface area contributed by atoms with Crippen LogP contribution in [0.4, 0.5) is 0 Å². The summed E-state index contributed by atoms with van der Waals surface area (Å²) >= 11 is 10.3. The molecule has 0 saturated heterocycles. The summed E-state index contributed by atoms with van der Waals surface area (Å²) in [5.74, 6) is 0. The Morgan fingerprint density at radius 1 is 1.24 bits per heavy atom. The van der Waals surface area contributed by atoms with Crippen molar-refractivity contribution in [3.8, 4) is 0 Å². The fourth-order valence-electron chi connectivity index (χ4n) is 1.71. The highest BCUT2D eigenvalue weighted by atomic mass is 127. The third-order valence-electron chi connectivity index (χ3n) is 2.89. The maximum absolute atomic E-state index is 6.27. The van der Waals surface area contributed by atoms with Gasteiger partial charge in [-0.05, 0) is 76.2 Å². The number of halogens is 2. The molecule has 0 aliphatic carbocycles. The van der Waals surface area contributed by atoms with Crippen molar-refractivity contribution in [3.05, 3.63) is 53.7 Å². The Bertz CT molecular complexity index is 550. The predicted molar refractivity (Wildman–Crippen MR) is 84.0 cm³/mol. The molecule has 1 atom stereocenters. The molecule has 90 valence electrons. The number of hydrogen-bond acceptors (Lipinski definition) is 2. The summed E-state index contributed by atoms with van der Waals surface area (Å²) in [7, 11) is 0. The SMILES string of the molecule is Cc1cc(Cl)c(C(N)c2csc(I)c2)cc1C. The van der Waals surface area contributed by atoms with Gasteiger partial charge in [-0.25, -0.2) is 0 Å². The summed E-state index contributed by atoms with van der Waals surface area (Å²) in [5.41, 5.74) is 10.8. The Hall–Kier alpha value is -0.100. The van der Waals surface area contributed by atoms with Crippen LogP contribution >= 0.6 is 45.5 Å². The minimum atomic E-state index is -0.137. The lowest BCUT2D eigenvalue weighted by molar-refractivity contribution is 0.874. The number of hydrogen-bond donors (Lipinski definition) is 1. The van der Waals surface area contributed by atoms with E-state index in [2.05, 4.69) is 54.0 Å². The van der Waals surface area contributed by atoms with Crippen LogP contribution in [0.25, 0.3) is 0 Å². The average Bonchev–Trinajstić information content (AvgIpc) is 2.69. The molecule has 1 unspecified atom stereocenters. The molecule has 1 aromatic heterocycles. The fraction of sp³-hybridized carbons (Fsp3) is 0.231. The van der Waals surface area contributed by atoms with Crippen molar-refractivity contribution in [1.82, 2.24) is 0 Å². The monoisotopic (exact) mass is 377 g/mol. The highest BCUT2D eigenvalue weighted by Gasteiger charge is 2.15. The van der Waals surface area contributed by atoms with Gasteiger partial charge in [-0.15, -0.1) is 11.3 Å². The van der Waals surface area contributed by atoms with Gasteiger partial charge in [0.2, 0.25) is 0 Å². The highest BCUT2D eigenvalue weighted by Crippen LogP contribution is 2.31. The Morgan fingerprint density at radius 3 is 2.47 bits per heavy atom. The van der Waals surface area contributed by atoms with E-state index in [0.29, 0.717) is 0 Å². The van der Waals surface area contributed by atoms with Gasteiger partial charge in [0.05, 0.1) is 8.93 Å². The zero-order valence-corrected chi connectivity index (χ0v) is 13.4. The quantitative estimate of drug-likeness (QED) is 0.756. The van der Waals surface area contributed by atoms with Gasteiger partial charge in [0, 0.05) is 5.02 Å². The molecular formula is C13H13ClINS. The Morgan fingerprint density at radius 2 is 1.88 bits per heavy atom. The molecule has 2 aromatic rings. The van der Waals surface area contributed by atoms with E-state index in [1.165, 1.54) is 14.0 Å². The van der Waals surface area contributed by atoms with Crippen LogP contribution in [0.1, 0.15) is 28.3 Å². The van der Waals surface area contributed by atoms with Crippen molar-refractivity contribution in [2.45, 2.75) is 19.9 Å². The molecule has 17 heavy (non-hydrogen) atoms. The molecule has 4 heteroatoms. The van der Waals surface area contributed by atoms with E-state index in [-0.39, 0.29) is 6.04 Å². The molecule has 1 heterocycles. The molecule has 2 N–H and O–H groups in total. The lowest BCUT2D eigenvalue weighted by Gasteiger charge is -2.14. The maximum atomic E-state index is 6.27. The number of nitrogens with two attached hydrogens (primary N) is 1. The Labute approximate surface area is 124 Å². The van der Waals surface area contributed by atoms with Gasteiger partial charge in [0.25, 0.3) is 0 Å². The van der Waals surface area contributed by atoms with E-state index >= 15 is 0 Å². The van der Waals surface area contributed by atoms with Crippen LogP contribution in [0.5, 0.6) is 0 Å². The summed E-state index contributed by atoms with van der Waals surface area (Å²) in [6, 6.07) is 6.05. The van der Waals surface area contributed by atoms with Gasteiger partial charge in [-0.1, -0.05) is 17.7 Å². The smallest absolute Gasteiger partial charge is 0.0656 e. The molecule has 0 bridgehead atoms. The van der Waals surface area contributed by atoms with Crippen molar-refractivity contribution >= 4 is 45.5 Å². The molecule has 1 aromatic carbocycles. The van der Waals surface area contributed by atoms with E-state index in [4.69, 9.17) is 17.3 Å². The van der Waals surface area contributed by atoms with Crippen molar-refractivity contribution in [1.29, 1.82) is 0 Å². The average molecular weight is 378 g/mol. The molecule has 0 aliphatic rings. The van der Waals surface area contributed by atoms with Crippen molar-refractivity contribution < 1.29 is 0 Å². The second-order valence-electron chi connectivity index (χ2n) is 4.12. The van der Waals surface area contributed by atoms with Crippen molar-refractivity contribution in [2.24, 2.45) is 5.73 Å². The molecule has 0 fully saturated rings. The van der Waals surface area contributed by atoms with Gasteiger partial charge in [-0.3, -0.25) is 0 Å². The first-order valence-corrected chi connectivity index (χ1v) is 7.59. The lowest BCUT2D eigenvalue weighted by Crippen LogP contribution is -2.12. The van der Waals surface area contributed by atoms with Gasteiger partial charge in [-0.2, -0.15) is 0 Å². The fourth-order valence-corrected chi connectivity index (χ4v) is 3.45. The lowest BCUT2D eigenvalue weighted by atomic mass is 9.98. The summed E-state index contributed by atoms with van der Waals surface area (Å²) < 4.78 is 1.24. The summed E-state index contributed by atoms with van der Waals surface area (Å²) in [6.07, 6.45) is 0. The first-order chi connectivity index (χ1) is 7.99. The molecule has 0 spiro atoms. The summed E-state index contributed by atoms with van der Waals surface area (Å²) in [5, 5.41) is 2.85. The van der Waals surface area contributed by atoms with E-state index < -0.39 is 0 Å². The maximum Gasteiger partial charge on any atom is 0.0656 e. The molecule has 0 amide bonds. The normalized spacial score (nSPS) is 12.8. The van der Waals surface area contributed by atoms with Gasteiger partial charge >= 0.3 is 0 Å². The number of aryl methyl sites for hydroxylation is 2. The summed E-state index contributed by atoms with van der Waals surface area (Å²) in [6.45, 7) is 4.14. The van der Waals surface area contributed by atoms with Crippen LogP contribution < -0.4 is 5.73 Å². The molecule has 0 aliphatic heterocycles. The zero-order chi connectivity index (χ0) is 12.6. The van der Waals surface area contributed by atoms with Crippen molar-refractivity contribution in [3.63, 3.8) is 0 Å². The minimum absolute atomic E-state index is 0.137. The molecule has 0 saturated carbocycles. The van der Waals surface area contributed by atoms with E-state index in [9.17, 15) is 0 Å². The van der Waals surface area contributed by atoms with Crippen LogP contribution in [0.15, 0.2) is 23.6 Å². The second-order valence-corrected chi connectivity index (χ2v) is 7.33. The molecule has 0 radical (unpaired) electrons. The zero-order valence-electron chi connectivity index (χ0n) is 9.63. The minimum Gasteiger partial charge on any atom is -0.320 e. The standard InChI is InChI=1S/C13H13ClINS/c1-7-3-10(11(14)4-8(7)2)13(16)9-5-12(15)17-6-9/h3-6,13H,16H2,1-2H3. The van der Waals surface area contributed by atoms with Gasteiger partial charge in [0.15, 0.2) is 0 Å². The third kappa shape index (κ3) is 2.84. The first kappa shape index (κ1) is 13.3. The topological polar surface area (TPSA) is 26.0 Å². The number of thiophene rings is 1. The van der Waals surface area contributed by atoms with E-state index in [1.54, 1.807) is 11.3 Å². The van der Waals surface area contributed by atoms with Gasteiger partial charge in [0.1, 0.15) is 0 Å². The van der Waals surface area contributed by atoms with Gasteiger partial charge < -0.3 is 5.73 Å². The predicted octanol–water partition coefficient (Wildman–Crippen LogP) is 4.67. The van der Waals surface area contributed by atoms with E-state index in [0.717, 1.165) is 16.1 Å².